The SMILES string of the molecule is O=C(O)C(F)(F)F.O=C(O)COc1ccc(OCCN2CCCCC2CC2(C(F)(F)F)N=N2)cc1. The van der Waals surface area contributed by atoms with Crippen LogP contribution in [0.25, 0.3) is 0 Å². The van der Waals surface area contributed by atoms with Crippen molar-refractivity contribution in [2.75, 3.05) is 26.3 Å². The van der Waals surface area contributed by atoms with Gasteiger partial charge in [-0.2, -0.15) is 26.3 Å². The second-order valence-corrected chi connectivity index (χ2v) is 7.71. The monoisotopic (exact) mass is 515 g/mol. The minimum absolute atomic E-state index is 0.133. The number of benzene rings is 1. The van der Waals surface area contributed by atoms with E-state index >= 15 is 0 Å². The number of likely N-dealkylation sites (tertiary alicyclic amines) is 1. The van der Waals surface area contributed by atoms with Gasteiger partial charge in [0.05, 0.1) is 0 Å². The molecule has 2 aliphatic rings. The lowest BCUT2D eigenvalue weighted by molar-refractivity contribution is -0.192. The molecule has 0 amide bonds. The summed E-state index contributed by atoms with van der Waals surface area (Å²) in [4.78, 5) is 21.4. The van der Waals surface area contributed by atoms with Crippen LogP contribution >= 0.6 is 0 Å². The van der Waals surface area contributed by atoms with E-state index in [4.69, 9.17) is 24.5 Å². The number of hydrogen-bond donors (Lipinski definition) is 2. The fourth-order valence-electron chi connectivity index (χ4n) is 3.34. The quantitative estimate of drug-likeness (QED) is 0.475. The van der Waals surface area contributed by atoms with Gasteiger partial charge < -0.3 is 19.7 Å². The summed E-state index contributed by atoms with van der Waals surface area (Å²) in [5.41, 5.74) is -2.21. The molecule has 2 heterocycles. The number of aliphatic carboxylic acids is 2. The normalized spacial score (nSPS) is 19.3. The summed E-state index contributed by atoms with van der Waals surface area (Å²) < 4.78 is 81.8. The van der Waals surface area contributed by atoms with E-state index < -0.39 is 36.6 Å². The molecule has 196 valence electrons. The maximum Gasteiger partial charge on any atom is 0.490 e. The lowest BCUT2D eigenvalue weighted by atomic mass is 9.94. The zero-order chi connectivity index (χ0) is 26.3. The van der Waals surface area contributed by atoms with Gasteiger partial charge in [-0.1, -0.05) is 6.42 Å². The molecule has 0 aliphatic carbocycles. The van der Waals surface area contributed by atoms with Gasteiger partial charge in [-0.05, 0) is 43.7 Å². The van der Waals surface area contributed by atoms with Crippen LogP contribution in [0.2, 0.25) is 0 Å². The van der Waals surface area contributed by atoms with E-state index in [0.29, 0.717) is 31.1 Å². The van der Waals surface area contributed by atoms with Crippen molar-refractivity contribution in [2.45, 2.75) is 49.7 Å². The Bertz CT molecular complexity index is 885. The van der Waals surface area contributed by atoms with Crippen LogP contribution in [0, 0.1) is 0 Å². The molecule has 1 atom stereocenters. The van der Waals surface area contributed by atoms with Crippen molar-refractivity contribution in [1.29, 1.82) is 0 Å². The van der Waals surface area contributed by atoms with Gasteiger partial charge in [-0.25, -0.2) is 9.59 Å². The fourth-order valence-corrected chi connectivity index (χ4v) is 3.34. The first-order valence-corrected chi connectivity index (χ1v) is 10.4. The third kappa shape index (κ3) is 8.88. The van der Waals surface area contributed by atoms with Crippen molar-refractivity contribution < 1.29 is 55.6 Å². The van der Waals surface area contributed by atoms with Crippen LogP contribution in [0.1, 0.15) is 25.7 Å². The summed E-state index contributed by atoms with van der Waals surface area (Å²) >= 11 is 0. The standard InChI is InChI=1S/C18H22F3N3O4.C2HF3O2/c19-18(20,21)17(22-23-17)11-13-3-1-2-8-24(13)9-10-27-14-4-6-15(7-5-14)28-12-16(25)26;3-2(4,5)1(6)7/h4-7,13H,1-3,8-12H2,(H,25,26);(H,6,7). The summed E-state index contributed by atoms with van der Waals surface area (Å²) in [6.07, 6.45) is -7.12. The lowest BCUT2D eigenvalue weighted by Gasteiger charge is -2.36. The third-order valence-corrected chi connectivity index (χ3v) is 5.14. The topological polar surface area (TPSA) is 121 Å². The highest BCUT2D eigenvalue weighted by molar-refractivity contribution is 5.73. The van der Waals surface area contributed by atoms with Crippen molar-refractivity contribution in [2.24, 2.45) is 10.2 Å². The molecule has 35 heavy (non-hydrogen) atoms. The van der Waals surface area contributed by atoms with Crippen LogP contribution < -0.4 is 9.47 Å². The van der Waals surface area contributed by atoms with Crippen molar-refractivity contribution >= 4 is 11.9 Å². The molecule has 0 aromatic heterocycles. The Morgan fingerprint density at radius 2 is 1.54 bits per heavy atom. The summed E-state index contributed by atoms with van der Waals surface area (Å²) in [6, 6.07) is 6.30. The lowest BCUT2D eigenvalue weighted by Crippen LogP contribution is -2.47. The average Bonchev–Trinajstić information content (AvgIpc) is 3.55. The number of carboxylic acid groups (broad SMARTS) is 2. The zero-order valence-electron chi connectivity index (χ0n) is 18.2. The van der Waals surface area contributed by atoms with E-state index in [1.165, 1.54) is 0 Å². The summed E-state index contributed by atoms with van der Waals surface area (Å²) in [7, 11) is 0. The third-order valence-electron chi connectivity index (χ3n) is 5.14. The molecule has 0 bridgehead atoms. The Morgan fingerprint density at radius 3 is 2.00 bits per heavy atom. The highest BCUT2D eigenvalue weighted by Crippen LogP contribution is 2.48. The Labute approximate surface area is 195 Å². The molecule has 15 heteroatoms. The summed E-state index contributed by atoms with van der Waals surface area (Å²) in [5.74, 6) is -2.82. The van der Waals surface area contributed by atoms with Crippen LogP contribution in [-0.2, 0) is 9.59 Å². The molecule has 2 N–H and O–H groups in total. The molecule has 3 rings (SSSR count). The highest BCUT2D eigenvalue weighted by Gasteiger charge is 2.64. The summed E-state index contributed by atoms with van der Waals surface area (Å²) in [5, 5.41) is 22.3. The first-order chi connectivity index (χ1) is 16.2. The first kappa shape index (κ1) is 28.1. The molecule has 0 saturated carbocycles. The van der Waals surface area contributed by atoms with E-state index in [1.54, 1.807) is 24.3 Å². The number of rotatable bonds is 9. The number of ether oxygens (including phenoxy) is 2. The van der Waals surface area contributed by atoms with E-state index in [2.05, 4.69) is 10.2 Å². The molecule has 1 saturated heterocycles. The maximum atomic E-state index is 13.1. The van der Waals surface area contributed by atoms with Crippen molar-refractivity contribution in [3.05, 3.63) is 24.3 Å². The van der Waals surface area contributed by atoms with Gasteiger partial charge in [0.1, 0.15) is 18.1 Å². The number of hydrogen-bond acceptors (Lipinski definition) is 7. The van der Waals surface area contributed by atoms with Crippen molar-refractivity contribution in [1.82, 2.24) is 4.90 Å². The van der Waals surface area contributed by atoms with E-state index in [0.717, 1.165) is 19.4 Å². The minimum atomic E-state index is -5.08. The van der Waals surface area contributed by atoms with Gasteiger partial charge in [-0.3, -0.25) is 4.90 Å². The number of carbonyl (C=O) groups is 2. The van der Waals surface area contributed by atoms with Gasteiger partial charge in [0.25, 0.3) is 5.66 Å². The molecule has 1 unspecified atom stereocenters. The molecular formula is C20H23F6N3O6. The Hall–Kier alpha value is -3.10. The molecule has 2 aliphatic heterocycles. The van der Waals surface area contributed by atoms with Crippen molar-refractivity contribution in [3.8, 4) is 11.5 Å². The fraction of sp³-hybridized carbons (Fsp3) is 0.600. The largest absolute Gasteiger partial charge is 0.492 e. The van der Waals surface area contributed by atoms with Crippen molar-refractivity contribution in [3.63, 3.8) is 0 Å². The van der Waals surface area contributed by atoms with Gasteiger partial charge in [0.15, 0.2) is 6.61 Å². The second kappa shape index (κ2) is 11.6. The number of carboxylic acids is 2. The maximum absolute atomic E-state index is 13.1. The Morgan fingerprint density at radius 1 is 1.00 bits per heavy atom. The molecule has 1 fully saturated rings. The number of alkyl halides is 6. The first-order valence-electron chi connectivity index (χ1n) is 10.4. The Kier molecular flexibility index (Phi) is 9.29. The predicted octanol–water partition coefficient (Wildman–Crippen LogP) is 4.13. The van der Waals surface area contributed by atoms with E-state index in [9.17, 15) is 31.1 Å². The number of nitrogens with zero attached hydrogens (tertiary/aromatic N) is 3. The molecule has 0 spiro atoms. The smallest absolute Gasteiger partial charge is 0.490 e. The average molecular weight is 515 g/mol. The molecule has 1 aromatic rings. The summed E-state index contributed by atoms with van der Waals surface area (Å²) in [6.45, 7) is 1.15. The molecule has 9 nitrogen and oxygen atoms in total. The van der Waals surface area contributed by atoms with Crippen LogP contribution in [-0.4, -0.2) is 77.4 Å². The van der Waals surface area contributed by atoms with Crippen LogP contribution in [0.3, 0.4) is 0 Å². The van der Waals surface area contributed by atoms with Crippen LogP contribution in [0.5, 0.6) is 11.5 Å². The number of piperidine rings is 1. The molecule has 1 aromatic carbocycles. The predicted molar refractivity (Wildman–Crippen MR) is 106 cm³/mol. The Balaban J connectivity index is 0.000000540. The second-order valence-electron chi connectivity index (χ2n) is 7.71. The zero-order valence-corrected chi connectivity index (χ0v) is 18.2. The van der Waals surface area contributed by atoms with Gasteiger partial charge >= 0.3 is 24.3 Å². The van der Waals surface area contributed by atoms with E-state index in [-0.39, 0.29) is 12.5 Å². The van der Waals surface area contributed by atoms with Gasteiger partial charge in [0, 0.05) is 19.0 Å². The molecular weight excluding hydrogens is 492 g/mol. The number of halogens is 6. The van der Waals surface area contributed by atoms with Gasteiger partial charge in [-0.15, -0.1) is 10.2 Å². The minimum Gasteiger partial charge on any atom is -0.492 e. The van der Waals surface area contributed by atoms with Crippen LogP contribution in [0.15, 0.2) is 34.5 Å². The van der Waals surface area contributed by atoms with Gasteiger partial charge in [0.2, 0.25) is 0 Å². The van der Waals surface area contributed by atoms with E-state index in [1.807, 2.05) is 4.90 Å². The van der Waals surface area contributed by atoms with Crippen LogP contribution in [0.4, 0.5) is 26.3 Å². The molecule has 0 radical (unpaired) electrons. The highest BCUT2D eigenvalue weighted by atomic mass is 19.4.